The number of carbonyl (C=O) groups is 3. The van der Waals surface area contributed by atoms with Gasteiger partial charge in [0.2, 0.25) is 5.91 Å². The van der Waals surface area contributed by atoms with Crippen LogP contribution in [-0.4, -0.2) is 83.4 Å². The van der Waals surface area contributed by atoms with Gasteiger partial charge in [-0.05, 0) is 38.5 Å². The Kier molecular flexibility index (Phi) is 8.21. The van der Waals surface area contributed by atoms with Crippen LogP contribution in [0.3, 0.4) is 0 Å². The zero-order valence-electron chi connectivity index (χ0n) is 19.8. The van der Waals surface area contributed by atoms with Gasteiger partial charge in [-0.3, -0.25) is 14.3 Å². The van der Waals surface area contributed by atoms with Crippen molar-refractivity contribution < 1.29 is 23.5 Å². The Morgan fingerprint density at radius 1 is 1.29 bits per heavy atom. The summed E-state index contributed by atoms with van der Waals surface area (Å²) in [6.45, 7) is 4.31. The number of halogens is 1. The van der Waals surface area contributed by atoms with Crippen LogP contribution in [-0.2, 0) is 9.53 Å². The summed E-state index contributed by atoms with van der Waals surface area (Å²) in [5.41, 5.74) is 0.665. The molecule has 0 unspecified atom stereocenters. The molecule has 3 rings (SSSR count). The summed E-state index contributed by atoms with van der Waals surface area (Å²) in [6.07, 6.45) is 3.76. The van der Waals surface area contributed by atoms with Gasteiger partial charge in [-0.15, -0.1) is 0 Å². The Morgan fingerprint density at radius 2 is 2.06 bits per heavy atom. The third kappa shape index (κ3) is 6.53. The Morgan fingerprint density at radius 3 is 2.74 bits per heavy atom. The summed E-state index contributed by atoms with van der Waals surface area (Å²) in [7, 11) is 3.31. The van der Waals surface area contributed by atoms with Gasteiger partial charge >= 0.3 is 6.03 Å². The predicted molar refractivity (Wildman–Crippen MR) is 124 cm³/mol. The molecule has 1 aliphatic heterocycles. The second kappa shape index (κ2) is 11.1. The first kappa shape index (κ1) is 25.2. The lowest BCUT2D eigenvalue weighted by Gasteiger charge is -2.25. The molecule has 1 aromatic carbocycles. The minimum Gasteiger partial charge on any atom is -0.369 e. The summed E-state index contributed by atoms with van der Waals surface area (Å²) in [5, 5.41) is 9.96. The van der Waals surface area contributed by atoms with Crippen LogP contribution >= 0.6 is 0 Å². The zero-order valence-corrected chi connectivity index (χ0v) is 19.8. The summed E-state index contributed by atoms with van der Waals surface area (Å²) >= 11 is 0. The van der Waals surface area contributed by atoms with E-state index in [0.717, 1.165) is 6.07 Å². The average Bonchev–Trinajstić information content (AvgIpc) is 3.40. The van der Waals surface area contributed by atoms with Crippen molar-refractivity contribution in [3.63, 3.8) is 0 Å². The van der Waals surface area contributed by atoms with Crippen molar-refractivity contribution in [2.24, 2.45) is 0 Å². The molecule has 11 heteroatoms. The number of urea groups is 1. The molecule has 0 saturated carbocycles. The van der Waals surface area contributed by atoms with E-state index in [1.54, 1.807) is 29.9 Å². The molecule has 34 heavy (non-hydrogen) atoms. The maximum absolute atomic E-state index is 13.4. The summed E-state index contributed by atoms with van der Waals surface area (Å²) in [4.78, 5) is 40.1. The molecule has 2 N–H and O–H groups in total. The number of rotatable bonds is 8. The van der Waals surface area contributed by atoms with E-state index in [1.807, 2.05) is 13.8 Å². The molecule has 10 nitrogen and oxygen atoms in total. The second-order valence-electron chi connectivity index (χ2n) is 8.78. The minimum absolute atomic E-state index is 0.0298. The van der Waals surface area contributed by atoms with E-state index < -0.39 is 11.7 Å². The maximum atomic E-state index is 13.4. The fourth-order valence-corrected chi connectivity index (χ4v) is 3.67. The second-order valence-corrected chi connectivity index (χ2v) is 8.78. The highest BCUT2D eigenvalue weighted by Crippen LogP contribution is 2.28. The Labute approximate surface area is 198 Å². The number of benzene rings is 1. The van der Waals surface area contributed by atoms with Gasteiger partial charge in [0.1, 0.15) is 12.4 Å². The number of nitrogens with one attached hydrogen (secondary N) is 2. The molecule has 1 saturated heterocycles. The standard InChI is InChI=1S/C23H31FN6O4/c1-15(2)26-23(33)29-12-19(9-20(29)13-34-14-21(31)28(3)4)30-11-18(10-25-30)27-22(32)16-6-5-7-17(24)8-16/h5-8,10-11,15,19-20H,9,12-14H2,1-4H3,(H,26,33)(H,27,32)/t19-,20-/m0/s1. The maximum Gasteiger partial charge on any atom is 0.317 e. The van der Waals surface area contributed by atoms with E-state index in [1.165, 1.54) is 29.3 Å². The minimum atomic E-state index is -0.491. The van der Waals surface area contributed by atoms with E-state index >= 15 is 0 Å². The topological polar surface area (TPSA) is 109 Å². The van der Waals surface area contributed by atoms with Crippen LogP contribution in [0.5, 0.6) is 0 Å². The van der Waals surface area contributed by atoms with Crippen molar-refractivity contribution in [2.75, 3.05) is 39.2 Å². The lowest BCUT2D eigenvalue weighted by atomic mass is 10.2. The number of hydrogen-bond acceptors (Lipinski definition) is 5. The highest BCUT2D eigenvalue weighted by Gasteiger charge is 2.37. The molecular weight excluding hydrogens is 443 g/mol. The van der Waals surface area contributed by atoms with Crippen molar-refractivity contribution in [1.82, 2.24) is 24.9 Å². The number of anilines is 1. The molecule has 2 heterocycles. The SMILES string of the molecule is CC(C)NC(=O)N1C[C@@H](n2cc(NC(=O)c3cccc(F)c3)cn2)C[C@H]1COCC(=O)N(C)C. The van der Waals surface area contributed by atoms with Crippen LogP contribution in [0.4, 0.5) is 14.9 Å². The third-order valence-corrected chi connectivity index (χ3v) is 5.42. The number of carbonyl (C=O) groups excluding carboxylic acids is 3. The smallest absolute Gasteiger partial charge is 0.317 e. The first-order chi connectivity index (χ1) is 16.1. The lowest BCUT2D eigenvalue weighted by Crippen LogP contribution is -2.47. The Bertz CT molecular complexity index is 1020. The number of nitrogens with zero attached hydrogens (tertiary/aromatic N) is 4. The Balaban J connectivity index is 1.66. The molecule has 1 fully saturated rings. The van der Waals surface area contributed by atoms with E-state index in [2.05, 4.69) is 15.7 Å². The molecule has 0 bridgehead atoms. The van der Waals surface area contributed by atoms with E-state index in [-0.39, 0.29) is 48.8 Å². The van der Waals surface area contributed by atoms with Crippen molar-refractivity contribution in [2.45, 2.75) is 38.4 Å². The molecular formula is C23H31FN6O4. The number of ether oxygens (including phenoxy) is 1. The Hall–Kier alpha value is -3.47. The van der Waals surface area contributed by atoms with Crippen LogP contribution in [0, 0.1) is 5.82 Å². The molecule has 2 aromatic rings. The van der Waals surface area contributed by atoms with Gasteiger partial charge in [-0.25, -0.2) is 9.18 Å². The number of aromatic nitrogens is 2. The molecule has 0 aliphatic carbocycles. The van der Waals surface area contributed by atoms with Gasteiger partial charge in [0.15, 0.2) is 0 Å². The number of hydrogen-bond donors (Lipinski definition) is 2. The van der Waals surface area contributed by atoms with Crippen LogP contribution in [0.2, 0.25) is 0 Å². The first-order valence-electron chi connectivity index (χ1n) is 11.1. The molecule has 0 radical (unpaired) electrons. The predicted octanol–water partition coefficient (Wildman–Crippen LogP) is 2.11. The summed E-state index contributed by atoms with van der Waals surface area (Å²) < 4.78 is 20.7. The first-order valence-corrected chi connectivity index (χ1v) is 11.1. The quantitative estimate of drug-likeness (QED) is 0.609. The highest BCUT2D eigenvalue weighted by atomic mass is 19.1. The monoisotopic (exact) mass is 474 g/mol. The van der Waals surface area contributed by atoms with Gasteiger partial charge in [-0.1, -0.05) is 6.07 Å². The number of likely N-dealkylation sites (N-methyl/N-ethyl adjacent to an activating group) is 1. The van der Waals surface area contributed by atoms with E-state index in [4.69, 9.17) is 4.74 Å². The number of amides is 4. The average molecular weight is 475 g/mol. The lowest BCUT2D eigenvalue weighted by molar-refractivity contribution is -0.133. The van der Waals surface area contributed by atoms with Crippen LogP contribution < -0.4 is 10.6 Å². The molecule has 1 aromatic heterocycles. The van der Waals surface area contributed by atoms with Crippen molar-refractivity contribution in [3.8, 4) is 0 Å². The van der Waals surface area contributed by atoms with Crippen molar-refractivity contribution in [1.29, 1.82) is 0 Å². The van der Waals surface area contributed by atoms with E-state index in [9.17, 15) is 18.8 Å². The van der Waals surface area contributed by atoms with Crippen molar-refractivity contribution in [3.05, 3.63) is 48.0 Å². The van der Waals surface area contributed by atoms with Gasteiger partial charge < -0.3 is 25.2 Å². The molecule has 2 atom stereocenters. The van der Waals surface area contributed by atoms with E-state index in [0.29, 0.717) is 18.7 Å². The van der Waals surface area contributed by atoms with Crippen molar-refractivity contribution >= 4 is 23.5 Å². The van der Waals surface area contributed by atoms with Crippen LogP contribution in [0.15, 0.2) is 36.7 Å². The molecule has 0 spiro atoms. The van der Waals surface area contributed by atoms with Gasteiger partial charge in [-0.2, -0.15) is 5.10 Å². The molecule has 1 aliphatic rings. The van der Waals surface area contributed by atoms with Crippen LogP contribution in [0.25, 0.3) is 0 Å². The third-order valence-electron chi connectivity index (χ3n) is 5.42. The summed E-state index contributed by atoms with van der Waals surface area (Å²) in [5.74, 6) is -1.09. The van der Waals surface area contributed by atoms with Gasteiger partial charge in [0.25, 0.3) is 5.91 Å². The zero-order chi connectivity index (χ0) is 24.8. The van der Waals surface area contributed by atoms with Gasteiger partial charge in [0, 0.05) is 38.4 Å². The fourth-order valence-electron chi connectivity index (χ4n) is 3.67. The molecule has 184 valence electrons. The normalized spacial score (nSPS) is 17.6. The fraction of sp³-hybridized carbons (Fsp3) is 0.478. The highest BCUT2D eigenvalue weighted by molar-refractivity contribution is 6.04. The molecule has 4 amide bonds. The van der Waals surface area contributed by atoms with Crippen LogP contribution in [0.1, 0.15) is 36.7 Å². The van der Waals surface area contributed by atoms with Gasteiger partial charge in [0.05, 0.1) is 30.6 Å². The summed E-state index contributed by atoms with van der Waals surface area (Å²) in [6, 6.07) is 4.80. The number of likely N-dealkylation sites (tertiary alicyclic amines) is 1. The largest absolute Gasteiger partial charge is 0.369 e.